The Bertz CT molecular complexity index is 2840. The Balaban J connectivity index is 1.23. The maximum Gasteiger partial charge on any atom is 0.159 e. The van der Waals surface area contributed by atoms with E-state index >= 15 is 0 Å². The molecule has 1 aliphatic rings. The molecule has 0 unspecified atom stereocenters. The number of fused-ring (bicyclic) bond motifs is 5. The number of nitrogens with zero attached hydrogens (tertiary/aromatic N) is 2. The van der Waals surface area contributed by atoms with Crippen LogP contribution in [0.5, 0.6) is 0 Å². The molecule has 9 aromatic rings. The zero-order valence-corrected chi connectivity index (χ0v) is 30.3. The smallest absolute Gasteiger partial charge is 0.159 e. The van der Waals surface area contributed by atoms with E-state index in [1.54, 1.807) is 0 Å². The first-order valence-corrected chi connectivity index (χ1v) is 19.0. The number of rotatable bonds is 8. The average molecular weight is 707 g/mol. The van der Waals surface area contributed by atoms with Crippen molar-refractivity contribution in [2.75, 3.05) is 9.80 Å². The molecule has 0 radical (unpaired) electrons. The first-order chi connectivity index (χ1) is 27.3. The number of hydrogen-bond acceptors (Lipinski definition) is 3. The summed E-state index contributed by atoms with van der Waals surface area (Å²) in [6.45, 7) is 0. The third kappa shape index (κ3) is 6.06. The largest absolute Gasteiger partial charge is 0.454 e. The van der Waals surface area contributed by atoms with Gasteiger partial charge in [-0.05, 0) is 107 Å². The van der Waals surface area contributed by atoms with E-state index in [2.05, 4.69) is 216 Å². The van der Waals surface area contributed by atoms with E-state index in [4.69, 9.17) is 4.42 Å². The Kier molecular flexibility index (Phi) is 8.31. The van der Waals surface area contributed by atoms with Gasteiger partial charge in [0.15, 0.2) is 5.58 Å². The summed E-state index contributed by atoms with van der Waals surface area (Å²) in [6, 6.07) is 69.1. The lowest BCUT2D eigenvalue weighted by molar-refractivity contribution is 0.669. The first-order valence-electron chi connectivity index (χ1n) is 19.0. The Morgan fingerprint density at radius 2 is 0.982 bits per heavy atom. The molecule has 262 valence electrons. The number of anilines is 5. The summed E-state index contributed by atoms with van der Waals surface area (Å²) < 4.78 is 6.97. The van der Waals surface area contributed by atoms with Crippen LogP contribution in [0.15, 0.2) is 216 Å². The maximum atomic E-state index is 6.97. The third-order valence-corrected chi connectivity index (χ3v) is 10.7. The minimum absolute atomic E-state index is 0.850. The van der Waals surface area contributed by atoms with Crippen molar-refractivity contribution in [1.82, 2.24) is 0 Å². The highest BCUT2D eigenvalue weighted by Crippen LogP contribution is 2.48. The van der Waals surface area contributed by atoms with Crippen LogP contribution < -0.4 is 9.80 Å². The summed E-state index contributed by atoms with van der Waals surface area (Å²) in [4.78, 5) is 4.78. The van der Waals surface area contributed by atoms with Crippen LogP contribution in [0.2, 0.25) is 0 Å². The maximum absolute atomic E-state index is 6.97. The Morgan fingerprint density at radius 3 is 1.65 bits per heavy atom. The molecule has 0 saturated heterocycles. The predicted molar refractivity (Wildman–Crippen MR) is 232 cm³/mol. The summed E-state index contributed by atoms with van der Waals surface area (Å²) in [6.07, 6.45) is 6.47. The van der Waals surface area contributed by atoms with Gasteiger partial charge < -0.3 is 14.2 Å². The fraction of sp³-hybridized carbons (Fsp3) is 0.0385. The molecule has 8 aromatic carbocycles. The van der Waals surface area contributed by atoms with Crippen molar-refractivity contribution in [3.8, 4) is 11.1 Å². The van der Waals surface area contributed by atoms with E-state index in [-0.39, 0.29) is 0 Å². The van der Waals surface area contributed by atoms with Crippen LogP contribution in [0.1, 0.15) is 18.4 Å². The van der Waals surface area contributed by atoms with Crippen LogP contribution in [0.4, 0.5) is 28.4 Å². The molecule has 10 rings (SSSR count). The molecule has 0 saturated carbocycles. The van der Waals surface area contributed by atoms with Gasteiger partial charge in [0.25, 0.3) is 0 Å². The van der Waals surface area contributed by atoms with Gasteiger partial charge in [0.2, 0.25) is 0 Å². The summed E-state index contributed by atoms with van der Waals surface area (Å²) in [5.41, 5.74) is 13.2. The van der Waals surface area contributed by atoms with E-state index in [1.165, 1.54) is 38.7 Å². The van der Waals surface area contributed by atoms with Crippen molar-refractivity contribution in [2.24, 2.45) is 0 Å². The van der Waals surface area contributed by atoms with Crippen LogP contribution in [-0.2, 0) is 0 Å². The summed E-state index contributed by atoms with van der Waals surface area (Å²) in [7, 11) is 0. The van der Waals surface area contributed by atoms with Gasteiger partial charge in [0.1, 0.15) is 5.58 Å². The SMILES string of the molecule is C1=C(c2ccccc2)CCC(N(c2ccccc2)c2cc(N(c3ccccc3)c3ccc(-c4ccccc4)cc3)c3oc4ccc5ccccc5c4c3c2)=C1. The lowest BCUT2D eigenvalue weighted by Crippen LogP contribution is -2.19. The van der Waals surface area contributed by atoms with Crippen molar-refractivity contribution in [3.63, 3.8) is 0 Å². The number of allylic oxidation sites excluding steroid dienone is 4. The van der Waals surface area contributed by atoms with Gasteiger partial charge in [-0.1, -0.05) is 146 Å². The highest BCUT2D eigenvalue weighted by molar-refractivity contribution is 6.21. The molecule has 0 bridgehead atoms. The second kappa shape index (κ2) is 14.0. The van der Waals surface area contributed by atoms with E-state index in [9.17, 15) is 0 Å². The van der Waals surface area contributed by atoms with E-state index < -0.39 is 0 Å². The van der Waals surface area contributed by atoms with Crippen molar-refractivity contribution >= 4 is 66.7 Å². The van der Waals surface area contributed by atoms with E-state index in [1.807, 2.05) is 0 Å². The molecular weight excluding hydrogens is 669 g/mol. The molecule has 0 fully saturated rings. The van der Waals surface area contributed by atoms with Crippen LogP contribution in [0, 0.1) is 0 Å². The average Bonchev–Trinajstić information content (AvgIpc) is 3.65. The Labute approximate surface area is 321 Å². The van der Waals surface area contributed by atoms with Crippen molar-refractivity contribution < 1.29 is 4.42 Å². The molecule has 0 atom stereocenters. The summed E-state index contributed by atoms with van der Waals surface area (Å²) >= 11 is 0. The second-order valence-corrected chi connectivity index (χ2v) is 14.1. The van der Waals surface area contributed by atoms with Gasteiger partial charge in [-0.2, -0.15) is 0 Å². The van der Waals surface area contributed by atoms with E-state index in [0.717, 1.165) is 63.2 Å². The van der Waals surface area contributed by atoms with Crippen LogP contribution in [-0.4, -0.2) is 0 Å². The van der Waals surface area contributed by atoms with Crippen LogP contribution in [0.25, 0.3) is 49.4 Å². The topological polar surface area (TPSA) is 19.6 Å². The summed E-state index contributed by atoms with van der Waals surface area (Å²) in [5, 5.41) is 4.58. The zero-order chi connectivity index (χ0) is 36.6. The number of furan rings is 1. The van der Waals surface area contributed by atoms with Gasteiger partial charge in [-0.15, -0.1) is 0 Å². The quantitative estimate of drug-likeness (QED) is 0.157. The molecule has 0 aliphatic heterocycles. The number of benzene rings is 8. The molecule has 3 nitrogen and oxygen atoms in total. The summed E-state index contributed by atoms with van der Waals surface area (Å²) in [5.74, 6) is 0. The second-order valence-electron chi connectivity index (χ2n) is 14.1. The Morgan fingerprint density at radius 1 is 0.400 bits per heavy atom. The fourth-order valence-corrected chi connectivity index (χ4v) is 8.11. The van der Waals surface area contributed by atoms with Crippen molar-refractivity contribution in [3.05, 3.63) is 218 Å². The standard InChI is InChI=1S/C52H38N2O/c1-5-15-37(16-6-1)39-25-30-44(31-26-39)53(42-20-9-3-10-21-42)46-35-48-51-47-24-14-13-19-41(47)29-34-50(51)55-52(48)49(36-46)54(43-22-11-4-12-23-43)45-32-27-40(28-33-45)38-17-7-2-8-18-38/h1-25,27-30,32-36H,26,31H2. The lowest BCUT2D eigenvalue weighted by atomic mass is 9.95. The number of para-hydroxylation sites is 2. The van der Waals surface area contributed by atoms with Gasteiger partial charge in [-0.3, -0.25) is 0 Å². The molecular formula is C52H38N2O. The molecule has 1 heterocycles. The number of hydrogen-bond donors (Lipinski definition) is 0. The minimum Gasteiger partial charge on any atom is -0.454 e. The predicted octanol–water partition coefficient (Wildman–Crippen LogP) is 14.8. The van der Waals surface area contributed by atoms with Crippen LogP contribution in [0.3, 0.4) is 0 Å². The minimum atomic E-state index is 0.850. The molecule has 1 aliphatic carbocycles. The highest BCUT2D eigenvalue weighted by atomic mass is 16.3. The molecule has 0 N–H and O–H groups in total. The monoisotopic (exact) mass is 706 g/mol. The van der Waals surface area contributed by atoms with Gasteiger partial charge in [0.05, 0.1) is 5.69 Å². The van der Waals surface area contributed by atoms with Gasteiger partial charge in [0, 0.05) is 39.2 Å². The molecule has 3 heteroatoms. The third-order valence-electron chi connectivity index (χ3n) is 10.7. The molecule has 0 amide bonds. The van der Waals surface area contributed by atoms with Gasteiger partial charge >= 0.3 is 0 Å². The normalized spacial score (nSPS) is 12.8. The van der Waals surface area contributed by atoms with Crippen LogP contribution >= 0.6 is 0 Å². The molecule has 1 aromatic heterocycles. The Hall–Kier alpha value is -7.10. The van der Waals surface area contributed by atoms with Crippen molar-refractivity contribution in [1.29, 1.82) is 0 Å². The lowest BCUT2D eigenvalue weighted by Gasteiger charge is -2.32. The fourth-order valence-electron chi connectivity index (χ4n) is 8.11. The highest BCUT2D eigenvalue weighted by Gasteiger charge is 2.25. The first kappa shape index (κ1) is 32.5. The van der Waals surface area contributed by atoms with Gasteiger partial charge in [-0.25, -0.2) is 0 Å². The van der Waals surface area contributed by atoms with Crippen molar-refractivity contribution in [2.45, 2.75) is 12.8 Å². The zero-order valence-electron chi connectivity index (χ0n) is 30.3. The molecule has 55 heavy (non-hydrogen) atoms. The van der Waals surface area contributed by atoms with E-state index in [0.29, 0.717) is 0 Å². The molecule has 0 spiro atoms.